The number of hydrogen-bond donors (Lipinski definition) is 3. The van der Waals surface area contributed by atoms with Gasteiger partial charge >= 0.3 is 0 Å². The zero-order valence-corrected chi connectivity index (χ0v) is 12.4. The molecular formula is C13H11N3O6S. The molecule has 120 valence electrons. The Labute approximate surface area is 130 Å². The second-order valence-electron chi connectivity index (χ2n) is 4.85. The van der Waals surface area contributed by atoms with Crippen LogP contribution < -0.4 is 10.0 Å². The summed E-state index contributed by atoms with van der Waals surface area (Å²) in [6.07, 6.45) is 1.06. The molecule has 10 heteroatoms. The molecule has 2 aliphatic rings. The number of carbonyl (C=O) groups excluding carboxylic acids is 3. The summed E-state index contributed by atoms with van der Waals surface area (Å²) in [4.78, 5) is 35.8. The van der Waals surface area contributed by atoms with Crippen LogP contribution in [0.4, 0.5) is 5.69 Å². The van der Waals surface area contributed by atoms with Crippen molar-refractivity contribution in [1.29, 1.82) is 0 Å². The zero-order valence-electron chi connectivity index (χ0n) is 11.6. The Hall–Kier alpha value is -2.72. The molecule has 3 rings (SSSR count). The minimum absolute atomic E-state index is 0.0141. The van der Waals surface area contributed by atoms with E-state index in [1.54, 1.807) is 0 Å². The zero-order chi connectivity index (χ0) is 16.8. The van der Waals surface area contributed by atoms with Gasteiger partial charge in [-0.1, -0.05) is 0 Å². The molecule has 0 unspecified atom stereocenters. The summed E-state index contributed by atoms with van der Waals surface area (Å²) < 4.78 is 25.4. The molecule has 0 saturated heterocycles. The van der Waals surface area contributed by atoms with Gasteiger partial charge in [0.2, 0.25) is 0 Å². The average Bonchev–Trinajstić information content (AvgIpc) is 2.87. The maximum absolute atomic E-state index is 12.0. The summed E-state index contributed by atoms with van der Waals surface area (Å²) in [6, 6.07) is 3.94. The van der Waals surface area contributed by atoms with Crippen molar-refractivity contribution >= 4 is 33.4 Å². The van der Waals surface area contributed by atoms with Crippen LogP contribution in [0.3, 0.4) is 0 Å². The van der Waals surface area contributed by atoms with Crippen LogP contribution >= 0.6 is 0 Å². The molecule has 3 amide bonds. The average molecular weight is 337 g/mol. The van der Waals surface area contributed by atoms with Crippen molar-refractivity contribution < 1.29 is 27.9 Å². The van der Waals surface area contributed by atoms with Crippen LogP contribution in [-0.2, 0) is 19.6 Å². The number of benzene rings is 1. The number of anilines is 1. The second-order valence-corrected chi connectivity index (χ2v) is 6.50. The normalized spacial score (nSPS) is 18.7. The lowest BCUT2D eigenvalue weighted by Crippen LogP contribution is -2.34. The molecule has 3 N–H and O–H groups in total. The van der Waals surface area contributed by atoms with Gasteiger partial charge in [-0.25, -0.2) is 13.1 Å². The molecular weight excluding hydrogens is 326 g/mol. The molecule has 1 aromatic rings. The number of nitrogens with one attached hydrogen (secondary N) is 2. The third-order valence-electron chi connectivity index (χ3n) is 3.35. The number of rotatable bonds is 4. The van der Waals surface area contributed by atoms with E-state index >= 15 is 0 Å². The third-order valence-corrected chi connectivity index (χ3v) is 4.73. The second kappa shape index (κ2) is 5.18. The van der Waals surface area contributed by atoms with Crippen molar-refractivity contribution in [2.75, 3.05) is 18.5 Å². The van der Waals surface area contributed by atoms with Crippen molar-refractivity contribution in [1.82, 2.24) is 9.62 Å². The fraction of sp³-hybridized carbons (Fsp3) is 0.154. The van der Waals surface area contributed by atoms with Crippen molar-refractivity contribution in [3.63, 3.8) is 0 Å². The van der Waals surface area contributed by atoms with Crippen LogP contribution in [0.25, 0.3) is 0 Å². The predicted octanol–water partition coefficient (Wildman–Crippen LogP) is -1.22. The Bertz CT molecular complexity index is 874. The van der Waals surface area contributed by atoms with Gasteiger partial charge in [-0.15, -0.1) is 0 Å². The quantitative estimate of drug-likeness (QED) is 0.586. The SMILES string of the molecule is O=C1NS(=O)(=O)c2cc(NC3=CC(=O)N(CCO)C3=O)ccc21. The molecule has 0 fully saturated rings. The first kappa shape index (κ1) is 15.2. The van der Waals surface area contributed by atoms with Gasteiger partial charge in [0.1, 0.15) is 10.6 Å². The number of hydrogen-bond acceptors (Lipinski definition) is 7. The molecule has 0 spiro atoms. The molecule has 0 radical (unpaired) electrons. The summed E-state index contributed by atoms with van der Waals surface area (Å²) >= 11 is 0. The highest BCUT2D eigenvalue weighted by atomic mass is 32.2. The number of β-amino-alcohol motifs (C(OH)–C–C–N with tert-alkyl or cyclic N) is 1. The Morgan fingerprint density at radius 2 is 1.96 bits per heavy atom. The molecule has 23 heavy (non-hydrogen) atoms. The number of amides is 3. The highest BCUT2D eigenvalue weighted by Crippen LogP contribution is 2.27. The molecule has 0 aliphatic carbocycles. The Balaban J connectivity index is 1.89. The Kier molecular flexibility index (Phi) is 3.42. The van der Waals surface area contributed by atoms with Crippen LogP contribution in [0.5, 0.6) is 0 Å². The van der Waals surface area contributed by atoms with Crippen molar-refractivity contribution in [2.45, 2.75) is 4.90 Å². The van der Waals surface area contributed by atoms with E-state index in [0.29, 0.717) is 0 Å². The molecule has 2 heterocycles. The van der Waals surface area contributed by atoms with Gasteiger partial charge in [-0.05, 0) is 18.2 Å². The van der Waals surface area contributed by atoms with E-state index in [1.807, 2.05) is 4.72 Å². The predicted molar refractivity (Wildman–Crippen MR) is 76.6 cm³/mol. The van der Waals surface area contributed by atoms with Gasteiger partial charge in [0.25, 0.3) is 27.7 Å². The highest BCUT2D eigenvalue weighted by Gasteiger charge is 2.34. The fourth-order valence-electron chi connectivity index (χ4n) is 2.31. The van der Waals surface area contributed by atoms with Gasteiger partial charge in [0, 0.05) is 11.8 Å². The summed E-state index contributed by atoms with van der Waals surface area (Å²) in [5, 5.41) is 11.5. The van der Waals surface area contributed by atoms with E-state index in [-0.39, 0.29) is 35.0 Å². The number of nitrogens with zero attached hydrogens (tertiary/aromatic N) is 1. The smallest absolute Gasteiger partial charge is 0.277 e. The molecule has 0 atom stereocenters. The molecule has 2 aliphatic heterocycles. The lowest BCUT2D eigenvalue weighted by atomic mass is 10.2. The monoisotopic (exact) mass is 337 g/mol. The van der Waals surface area contributed by atoms with Gasteiger partial charge in [-0.3, -0.25) is 19.3 Å². The first-order chi connectivity index (χ1) is 10.8. The molecule has 0 aromatic heterocycles. The largest absolute Gasteiger partial charge is 0.395 e. The minimum Gasteiger partial charge on any atom is -0.395 e. The fourth-order valence-corrected chi connectivity index (χ4v) is 3.50. The molecule has 0 bridgehead atoms. The lowest BCUT2D eigenvalue weighted by molar-refractivity contribution is -0.137. The maximum Gasteiger partial charge on any atom is 0.277 e. The van der Waals surface area contributed by atoms with Crippen LogP contribution in [-0.4, -0.2) is 49.3 Å². The Morgan fingerprint density at radius 3 is 2.65 bits per heavy atom. The van der Waals surface area contributed by atoms with Crippen LogP contribution in [0.15, 0.2) is 34.9 Å². The summed E-state index contributed by atoms with van der Waals surface area (Å²) in [7, 11) is -3.91. The van der Waals surface area contributed by atoms with Gasteiger partial charge in [0.15, 0.2) is 0 Å². The van der Waals surface area contributed by atoms with Crippen LogP contribution in [0.1, 0.15) is 10.4 Å². The molecule has 9 nitrogen and oxygen atoms in total. The summed E-state index contributed by atoms with van der Waals surface area (Å²) in [6.45, 7) is -0.486. The van der Waals surface area contributed by atoms with Crippen LogP contribution in [0, 0.1) is 0 Å². The van der Waals surface area contributed by atoms with Gasteiger partial charge in [0.05, 0.1) is 18.7 Å². The first-order valence-electron chi connectivity index (χ1n) is 6.50. The minimum atomic E-state index is -3.91. The molecule has 1 aromatic carbocycles. The molecule has 0 saturated carbocycles. The number of fused-ring (bicyclic) bond motifs is 1. The third kappa shape index (κ3) is 2.47. The van der Waals surface area contributed by atoms with Crippen LogP contribution in [0.2, 0.25) is 0 Å². The highest BCUT2D eigenvalue weighted by molar-refractivity contribution is 7.90. The van der Waals surface area contributed by atoms with E-state index in [4.69, 9.17) is 5.11 Å². The summed E-state index contributed by atoms with van der Waals surface area (Å²) in [5.41, 5.74) is 0.209. The number of carbonyl (C=O) groups is 3. The number of sulfonamides is 1. The van der Waals surface area contributed by atoms with Crippen molar-refractivity contribution in [3.05, 3.63) is 35.5 Å². The topological polar surface area (TPSA) is 133 Å². The lowest BCUT2D eigenvalue weighted by Gasteiger charge is -2.13. The van der Waals surface area contributed by atoms with E-state index < -0.39 is 27.7 Å². The van der Waals surface area contributed by atoms with E-state index in [9.17, 15) is 22.8 Å². The van der Waals surface area contributed by atoms with Crippen molar-refractivity contribution in [3.8, 4) is 0 Å². The first-order valence-corrected chi connectivity index (χ1v) is 7.98. The van der Waals surface area contributed by atoms with E-state index in [2.05, 4.69) is 5.32 Å². The van der Waals surface area contributed by atoms with Gasteiger partial charge in [-0.2, -0.15) is 0 Å². The summed E-state index contributed by atoms with van der Waals surface area (Å²) in [5.74, 6) is -1.91. The van der Waals surface area contributed by atoms with Gasteiger partial charge < -0.3 is 10.4 Å². The maximum atomic E-state index is 12.0. The Morgan fingerprint density at radius 1 is 1.22 bits per heavy atom. The van der Waals surface area contributed by atoms with Crippen molar-refractivity contribution in [2.24, 2.45) is 0 Å². The van der Waals surface area contributed by atoms with E-state index in [0.717, 1.165) is 11.0 Å². The number of aliphatic hydroxyl groups excluding tert-OH is 1. The standard InChI is InChI=1S/C13H11N3O6S/c17-4-3-16-11(18)6-9(13(16)20)14-7-1-2-8-10(5-7)23(21,22)15-12(8)19/h1-2,5-6,14,17H,3-4H2,(H,15,19). The number of imide groups is 1. The number of aliphatic hydroxyl groups is 1. The van der Waals surface area contributed by atoms with E-state index in [1.165, 1.54) is 18.2 Å².